The molecule has 0 aromatic heterocycles. The van der Waals surface area contributed by atoms with E-state index in [-0.39, 0.29) is 0 Å². The van der Waals surface area contributed by atoms with Crippen LogP contribution in [-0.2, 0) is 5.88 Å². The maximum Gasteiger partial charge on any atom is 0.179 e. The highest BCUT2D eigenvalue weighted by molar-refractivity contribution is 6.32. The molecule has 1 aliphatic heterocycles. The van der Waals surface area contributed by atoms with Gasteiger partial charge in [-0.2, -0.15) is 0 Å². The highest BCUT2D eigenvalue weighted by atomic mass is 35.5. The third kappa shape index (κ3) is 1.69. The molecular weight excluding hydrogens is 211 g/mol. The quantitative estimate of drug-likeness (QED) is 0.676. The molecular formula is C9H8Cl2O2. The maximum absolute atomic E-state index is 5.96. The fourth-order valence-corrected chi connectivity index (χ4v) is 1.68. The van der Waals surface area contributed by atoms with Crippen molar-refractivity contribution in [3.8, 4) is 11.5 Å². The zero-order chi connectivity index (χ0) is 9.26. The molecule has 1 aliphatic rings. The fourth-order valence-electron chi connectivity index (χ4n) is 1.24. The summed E-state index contributed by atoms with van der Waals surface area (Å²) in [5.41, 5.74) is 0.941. The topological polar surface area (TPSA) is 18.5 Å². The molecule has 0 amide bonds. The molecule has 2 rings (SSSR count). The molecule has 1 aromatic rings. The van der Waals surface area contributed by atoms with Crippen molar-refractivity contribution in [2.75, 3.05) is 13.2 Å². The van der Waals surface area contributed by atoms with Crippen LogP contribution in [0.4, 0.5) is 0 Å². The van der Waals surface area contributed by atoms with Gasteiger partial charge >= 0.3 is 0 Å². The van der Waals surface area contributed by atoms with Crippen LogP contribution < -0.4 is 9.47 Å². The Bertz CT molecular complexity index is 326. The molecule has 4 heteroatoms. The van der Waals surface area contributed by atoms with Gasteiger partial charge in [-0.15, -0.1) is 11.6 Å². The van der Waals surface area contributed by atoms with Crippen LogP contribution in [0, 0.1) is 0 Å². The van der Waals surface area contributed by atoms with Crippen molar-refractivity contribution in [3.63, 3.8) is 0 Å². The van der Waals surface area contributed by atoms with Crippen molar-refractivity contribution >= 4 is 23.2 Å². The number of hydrogen-bond donors (Lipinski definition) is 0. The minimum absolute atomic E-state index is 0.427. The first kappa shape index (κ1) is 8.97. The van der Waals surface area contributed by atoms with Crippen LogP contribution in [0.5, 0.6) is 11.5 Å². The van der Waals surface area contributed by atoms with Gasteiger partial charge in [0.15, 0.2) is 11.5 Å². The lowest BCUT2D eigenvalue weighted by Gasteiger charge is -2.19. The monoisotopic (exact) mass is 218 g/mol. The minimum Gasteiger partial charge on any atom is -0.486 e. The van der Waals surface area contributed by atoms with E-state index in [2.05, 4.69) is 0 Å². The molecule has 0 saturated carbocycles. The zero-order valence-electron chi connectivity index (χ0n) is 6.85. The van der Waals surface area contributed by atoms with E-state index in [1.54, 1.807) is 6.07 Å². The summed E-state index contributed by atoms with van der Waals surface area (Å²) < 4.78 is 10.7. The van der Waals surface area contributed by atoms with E-state index >= 15 is 0 Å². The van der Waals surface area contributed by atoms with Gasteiger partial charge in [-0.05, 0) is 17.7 Å². The van der Waals surface area contributed by atoms with Crippen LogP contribution in [0.25, 0.3) is 0 Å². The summed E-state index contributed by atoms with van der Waals surface area (Å²) in [5.74, 6) is 1.74. The van der Waals surface area contributed by atoms with Crippen LogP contribution in [0.3, 0.4) is 0 Å². The Hall–Kier alpha value is -0.600. The van der Waals surface area contributed by atoms with Gasteiger partial charge in [0.2, 0.25) is 0 Å². The van der Waals surface area contributed by atoms with E-state index in [4.69, 9.17) is 32.7 Å². The number of rotatable bonds is 1. The predicted octanol–water partition coefficient (Wildman–Crippen LogP) is 2.85. The summed E-state index contributed by atoms with van der Waals surface area (Å²) in [6.45, 7) is 1.11. The summed E-state index contributed by atoms with van der Waals surface area (Å²) in [5, 5.41) is 0.563. The van der Waals surface area contributed by atoms with Crippen molar-refractivity contribution in [1.82, 2.24) is 0 Å². The molecule has 70 valence electrons. The van der Waals surface area contributed by atoms with Crippen LogP contribution in [0.1, 0.15) is 5.56 Å². The minimum atomic E-state index is 0.427. The molecule has 2 nitrogen and oxygen atoms in total. The molecule has 0 aliphatic carbocycles. The molecule has 0 saturated heterocycles. The van der Waals surface area contributed by atoms with Crippen molar-refractivity contribution < 1.29 is 9.47 Å². The number of ether oxygens (including phenoxy) is 2. The zero-order valence-corrected chi connectivity index (χ0v) is 8.36. The standard InChI is InChI=1S/C9H8Cl2O2/c10-5-6-3-7(11)9-8(4-6)12-1-2-13-9/h3-4H,1-2,5H2. The van der Waals surface area contributed by atoms with E-state index in [1.165, 1.54) is 0 Å². The third-order valence-corrected chi connectivity index (χ3v) is 2.40. The lowest BCUT2D eigenvalue weighted by molar-refractivity contribution is 0.171. The number of alkyl halides is 1. The van der Waals surface area contributed by atoms with Crippen LogP contribution >= 0.6 is 23.2 Å². The Morgan fingerprint density at radius 1 is 1.23 bits per heavy atom. The van der Waals surface area contributed by atoms with E-state index in [1.807, 2.05) is 6.07 Å². The van der Waals surface area contributed by atoms with Gasteiger partial charge in [0.1, 0.15) is 13.2 Å². The highest BCUT2D eigenvalue weighted by Gasteiger charge is 2.15. The van der Waals surface area contributed by atoms with Crippen molar-refractivity contribution in [2.24, 2.45) is 0 Å². The van der Waals surface area contributed by atoms with Gasteiger partial charge in [-0.25, -0.2) is 0 Å². The number of benzene rings is 1. The first-order valence-corrected chi connectivity index (χ1v) is 4.86. The van der Waals surface area contributed by atoms with E-state index < -0.39 is 0 Å². The highest BCUT2D eigenvalue weighted by Crippen LogP contribution is 2.38. The predicted molar refractivity (Wildman–Crippen MR) is 52.0 cm³/mol. The largest absolute Gasteiger partial charge is 0.486 e. The van der Waals surface area contributed by atoms with Gasteiger partial charge < -0.3 is 9.47 Å². The average Bonchev–Trinajstić information content (AvgIpc) is 2.18. The van der Waals surface area contributed by atoms with E-state index in [9.17, 15) is 0 Å². The maximum atomic E-state index is 5.96. The Labute approximate surface area is 86.4 Å². The van der Waals surface area contributed by atoms with Crippen molar-refractivity contribution in [1.29, 1.82) is 0 Å². The van der Waals surface area contributed by atoms with Crippen LogP contribution in [-0.4, -0.2) is 13.2 Å². The van der Waals surface area contributed by atoms with Crippen molar-refractivity contribution in [2.45, 2.75) is 5.88 Å². The summed E-state index contributed by atoms with van der Waals surface area (Å²) in [6, 6.07) is 3.65. The summed E-state index contributed by atoms with van der Waals surface area (Å²) in [6.07, 6.45) is 0. The Morgan fingerprint density at radius 2 is 2.00 bits per heavy atom. The molecule has 1 heterocycles. The Kier molecular flexibility index (Phi) is 2.51. The summed E-state index contributed by atoms with van der Waals surface area (Å²) >= 11 is 11.6. The molecule has 13 heavy (non-hydrogen) atoms. The Balaban J connectivity index is 2.47. The van der Waals surface area contributed by atoms with Gasteiger partial charge in [0.25, 0.3) is 0 Å². The molecule has 0 spiro atoms. The smallest absolute Gasteiger partial charge is 0.179 e. The second kappa shape index (κ2) is 3.64. The normalized spacial score (nSPS) is 14.3. The second-order valence-corrected chi connectivity index (χ2v) is 3.41. The van der Waals surface area contributed by atoms with Gasteiger partial charge in [0.05, 0.1) is 5.02 Å². The molecule has 0 radical (unpaired) electrons. The fraction of sp³-hybridized carbons (Fsp3) is 0.333. The van der Waals surface area contributed by atoms with Crippen LogP contribution in [0.15, 0.2) is 12.1 Å². The van der Waals surface area contributed by atoms with E-state index in [0.29, 0.717) is 35.6 Å². The first-order valence-electron chi connectivity index (χ1n) is 3.95. The molecule has 0 fully saturated rings. The Morgan fingerprint density at radius 3 is 2.77 bits per heavy atom. The number of halogens is 2. The summed E-state index contributed by atoms with van der Waals surface area (Å²) in [7, 11) is 0. The molecule has 0 atom stereocenters. The molecule has 0 N–H and O–H groups in total. The van der Waals surface area contributed by atoms with Gasteiger partial charge in [-0.3, -0.25) is 0 Å². The van der Waals surface area contributed by atoms with Crippen LogP contribution in [0.2, 0.25) is 5.02 Å². The second-order valence-electron chi connectivity index (χ2n) is 2.74. The van der Waals surface area contributed by atoms with E-state index in [0.717, 1.165) is 5.56 Å². The third-order valence-electron chi connectivity index (χ3n) is 1.81. The van der Waals surface area contributed by atoms with Crippen molar-refractivity contribution in [3.05, 3.63) is 22.7 Å². The lowest BCUT2D eigenvalue weighted by Crippen LogP contribution is -2.15. The SMILES string of the molecule is ClCc1cc(Cl)c2c(c1)OCCO2. The lowest BCUT2D eigenvalue weighted by atomic mass is 10.2. The van der Waals surface area contributed by atoms with Gasteiger partial charge in [0, 0.05) is 5.88 Å². The van der Waals surface area contributed by atoms with Gasteiger partial charge in [-0.1, -0.05) is 11.6 Å². The summed E-state index contributed by atoms with van der Waals surface area (Å²) in [4.78, 5) is 0. The first-order chi connectivity index (χ1) is 6.31. The molecule has 0 unspecified atom stereocenters. The molecule has 1 aromatic carbocycles. The molecule has 0 bridgehead atoms. The average molecular weight is 219 g/mol. The number of fused-ring (bicyclic) bond motifs is 1. The number of hydrogen-bond acceptors (Lipinski definition) is 2.